The van der Waals surface area contributed by atoms with E-state index in [1.807, 2.05) is 0 Å². The van der Waals surface area contributed by atoms with Gasteiger partial charge in [-0.15, -0.1) is 0 Å². The zero-order valence-corrected chi connectivity index (χ0v) is 9.05. The van der Waals surface area contributed by atoms with Crippen molar-refractivity contribution in [1.82, 2.24) is 9.55 Å². The van der Waals surface area contributed by atoms with Gasteiger partial charge in [-0.3, -0.25) is 0 Å². The van der Waals surface area contributed by atoms with Crippen LogP contribution in [0.2, 0.25) is 0 Å². The van der Waals surface area contributed by atoms with Gasteiger partial charge in [-0.05, 0) is 4.92 Å². The van der Waals surface area contributed by atoms with E-state index in [4.69, 9.17) is 0 Å². The van der Waals surface area contributed by atoms with Gasteiger partial charge in [0.1, 0.15) is 12.2 Å². The van der Waals surface area contributed by atoms with Crippen molar-refractivity contribution in [3.8, 4) is 0 Å². The molecule has 0 N–H and O–H groups in total. The van der Waals surface area contributed by atoms with Gasteiger partial charge in [0.15, 0.2) is 0 Å². The summed E-state index contributed by atoms with van der Waals surface area (Å²) < 4.78 is 0.843. The first kappa shape index (κ1) is 12.1. The Labute approximate surface area is 94.8 Å². The van der Waals surface area contributed by atoms with Gasteiger partial charge >= 0.3 is 35.4 Å². The molecule has 0 atom stereocenters. The largest absolute Gasteiger partial charge is 1.00 e. The van der Waals surface area contributed by atoms with Crippen LogP contribution in [-0.4, -0.2) is 20.4 Å². The van der Waals surface area contributed by atoms with Gasteiger partial charge in [-0.2, -0.15) is 0 Å². The summed E-state index contributed by atoms with van der Waals surface area (Å²) in [6.45, 7) is 0. The number of imidazole rings is 1. The first-order valence-corrected chi connectivity index (χ1v) is 2.91. The zero-order chi connectivity index (χ0) is 9.30. The second-order valence-electron chi connectivity index (χ2n) is 2.04. The molecule has 0 unspecified atom stereocenters. The second-order valence-corrected chi connectivity index (χ2v) is 2.04. The number of nitrogens with zero attached hydrogens (tertiary/aromatic N) is 3. The van der Waals surface area contributed by atoms with E-state index in [1.54, 1.807) is 0 Å². The predicted molar refractivity (Wildman–Crippen MR) is 34.2 cm³/mol. The Hall–Kier alpha value is -0.920. The van der Waals surface area contributed by atoms with Crippen LogP contribution >= 0.6 is 0 Å². The van der Waals surface area contributed by atoms with Crippen molar-refractivity contribution in [1.29, 1.82) is 0 Å². The Morgan fingerprint density at radius 3 is 2.46 bits per heavy atom. The minimum Gasteiger partial charge on any atom is -0.540 e. The number of carboxylic acid groups (broad SMARTS) is 1. The second kappa shape index (κ2) is 4.35. The van der Waals surface area contributed by atoms with Crippen LogP contribution in [0.3, 0.4) is 0 Å². The Morgan fingerprint density at radius 2 is 2.23 bits per heavy atom. The summed E-state index contributed by atoms with van der Waals surface area (Å²) >= 11 is 0. The summed E-state index contributed by atoms with van der Waals surface area (Å²) in [6, 6.07) is 0. The summed E-state index contributed by atoms with van der Waals surface area (Å²) in [5, 5.41) is 20.4. The number of carbonyl (C=O) groups is 1. The summed E-state index contributed by atoms with van der Waals surface area (Å²) in [5.41, 5.74) is 0. The van der Waals surface area contributed by atoms with Crippen LogP contribution in [-0.2, 0) is 7.05 Å². The molecule has 0 saturated heterocycles. The first-order valence-electron chi connectivity index (χ1n) is 2.91. The molecular weight excluding hydrogens is 189 g/mol. The van der Waals surface area contributed by atoms with Crippen LogP contribution in [0, 0.1) is 10.1 Å². The Kier molecular flexibility index (Phi) is 4.05. The third-order valence-corrected chi connectivity index (χ3v) is 1.33. The summed E-state index contributed by atoms with van der Waals surface area (Å²) in [6.07, 6.45) is 0.866. The molecule has 1 aromatic heterocycles. The van der Waals surface area contributed by atoms with Crippen LogP contribution < -0.4 is 34.7 Å². The number of carbonyl (C=O) groups excluding carboxylic acids is 1. The van der Waals surface area contributed by atoms with Gasteiger partial charge in [0.2, 0.25) is 5.82 Å². The zero-order valence-electron chi connectivity index (χ0n) is 7.05. The molecule has 0 aliphatic carbocycles. The minimum absolute atomic E-state index is 0. The Balaban J connectivity index is 0.00000144. The monoisotopic (exact) mass is 193 g/mol. The van der Waals surface area contributed by atoms with E-state index in [-0.39, 0.29) is 35.4 Å². The smallest absolute Gasteiger partial charge is 0.540 e. The number of aromatic carboxylic acids is 1. The van der Waals surface area contributed by atoms with E-state index in [1.165, 1.54) is 7.05 Å². The van der Waals surface area contributed by atoms with Gasteiger partial charge < -0.3 is 20.0 Å². The third kappa shape index (κ3) is 2.27. The van der Waals surface area contributed by atoms with Gasteiger partial charge in [0, 0.05) is 0 Å². The molecule has 0 aromatic carbocycles. The van der Waals surface area contributed by atoms with Crippen molar-refractivity contribution in [3.63, 3.8) is 0 Å². The maximum absolute atomic E-state index is 10.2. The van der Waals surface area contributed by atoms with E-state index >= 15 is 0 Å². The SMILES string of the molecule is Cn1c([N+](=O)[O-])cnc1C(=O)[O-].[Na+]. The van der Waals surface area contributed by atoms with Crippen molar-refractivity contribution < 1.29 is 44.4 Å². The van der Waals surface area contributed by atoms with Crippen LogP contribution in [0.4, 0.5) is 5.82 Å². The molecule has 7 nitrogen and oxygen atoms in total. The van der Waals surface area contributed by atoms with E-state index in [9.17, 15) is 20.0 Å². The van der Waals surface area contributed by atoms with Gasteiger partial charge in [-0.25, -0.2) is 9.55 Å². The van der Waals surface area contributed by atoms with Crippen molar-refractivity contribution in [2.45, 2.75) is 0 Å². The molecule has 1 rings (SSSR count). The number of nitro groups is 1. The fourth-order valence-corrected chi connectivity index (χ4v) is 0.760. The molecule has 0 aliphatic rings. The average Bonchev–Trinajstić information content (AvgIpc) is 2.30. The number of hydrogen-bond acceptors (Lipinski definition) is 5. The summed E-state index contributed by atoms with van der Waals surface area (Å²) in [7, 11) is 1.23. The molecule has 0 saturated carbocycles. The molecular formula is C5H4N3NaO4. The topological polar surface area (TPSA) is 101 Å². The van der Waals surface area contributed by atoms with Crippen molar-refractivity contribution >= 4 is 11.8 Å². The molecule has 8 heteroatoms. The number of carboxylic acids is 1. The quantitative estimate of drug-likeness (QED) is 0.268. The normalized spacial score (nSPS) is 9.00. The van der Waals surface area contributed by atoms with Gasteiger partial charge in [-0.1, -0.05) is 0 Å². The minimum atomic E-state index is -1.54. The number of hydrogen-bond donors (Lipinski definition) is 0. The molecule has 0 fully saturated rings. The maximum Gasteiger partial charge on any atom is 1.00 e. The van der Waals surface area contributed by atoms with Crippen LogP contribution in [0.1, 0.15) is 10.6 Å². The van der Waals surface area contributed by atoms with Crippen molar-refractivity contribution in [3.05, 3.63) is 22.1 Å². The van der Waals surface area contributed by atoms with Crippen LogP contribution in [0.5, 0.6) is 0 Å². The van der Waals surface area contributed by atoms with Crippen molar-refractivity contribution in [2.75, 3.05) is 0 Å². The molecule has 0 spiro atoms. The number of rotatable bonds is 2. The van der Waals surface area contributed by atoms with E-state index in [2.05, 4.69) is 4.98 Å². The third-order valence-electron chi connectivity index (χ3n) is 1.33. The van der Waals surface area contributed by atoms with Crippen molar-refractivity contribution in [2.24, 2.45) is 7.05 Å². The molecule has 0 aliphatic heterocycles. The maximum atomic E-state index is 10.2. The predicted octanol–water partition coefficient (Wildman–Crippen LogP) is -4.30. The molecule has 13 heavy (non-hydrogen) atoms. The van der Waals surface area contributed by atoms with E-state index < -0.39 is 16.7 Å². The molecule has 0 bridgehead atoms. The van der Waals surface area contributed by atoms with Gasteiger partial charge in [0.25, 0.3) is 0 Å². The summed E-state index contributed by atoms with van der Waals surface area (Å²) in [5.74, 6) is -2.37. The molecule has 64 valence electrons. The van der Waals surface area contributed by atoms with E-state index in [0.29, 0.717) is 0 Å². The van der Waals surface area contributed by atoms with E-state index in [0.717, 1.165) is 10.8 Å². The molecule has 1 aromatic rings. The standard InChI is InChI=1S/C5H5N3O4.Na/c1-7-3(8(11)12)2-6-4(7)5(9)10;/h2H,1H3,(H,9,10);/q;+1/p-1. The summed E-state index contributed by atoms with van der Waals surface area (Å²) in [4.78, 5) is 23.0. The van der Waals surface area contributed by atoms with Crippen LogP contribution in [0.15, 0.2) is 6.20 Å². The molecule has 1 heterocycles. The fourth-order valence-electron chi connectivity index (χ4n) is 0.760. The Bertz CT molecular complexity index is 316. The van der Waals surface area contributed by atoms with Crippen LogP contribution in [0.25, 0.3) is 0 Å². The first-order chi connectivity index (χ1) is 5.54. The van der Waals surface area contributed by atoms with Gasteiger partial charge in [0.05, 0.1) is 7.05 Å². The Morgan fingerprint density at radius 1 is 1.69 bits per heavy atom. The average molecular weight is 193 g/mol. The number of aromatic nitrogens is 2. The molecule has 0 radical (unpaired) electrons. The molecule has 0 amide bonds. The fraction of sp³-hybridized carbons (Fsp3) is 0.200.